The van der Waals surface area contributed by atoms with E-state index < -0.39 is 0 Å². The van der Waals surface area contributed by atoms with Crippen LogP contribution in [0.4, 0.5) is 0 Å². The highest BCUT2D eigenvalue weighted by molar-refractivity contribution is 5.00. The van der Waals surface area contributed by atoms with Crippen molar-refractivity contribution in [2.24, 2.45) is 17.8 Å². The predicted molar refractivity (Wildman–Crippen MR) is 81.3 cm³/mol. The van der Waals surface area contributed by atoms with E-state index in [1.165, 1.54) is 45.2 Å². The molecule has 0 aromatic heterocycles. The summed E-state index contributed by atoms with van der Waals surface area (Å²) in [6.07, 6.45) is 8.71. The van der Waals surface area contributed by atoms with Crippen molar-refractivity contribution in [3.63, 3.8) is 0 Å². The Morgan fingerprint density at radius 1 is 1.11 bits per heavy atom. The van der Waals surface area contributed by atoms with Crippen LogP contribution in [0.5, 0.6) is 0 Å². The molecule has 3 rings (SSSR count). The first-order valence-electron chi connectivity index (χ1n) is 8.69. The minimum Gasteiger partial charge on any atom is -0.314 e. The maximum Gasteiger partial charge on any atom is 0.0129 e. The van der Waals surface area contributed by atoms with Gasteiger partial charge in [-0.05, 0) is 63.3 Å². The number of hydrogen-bond acceptors (Lipinski definition) is 2. The van der Waals surface area contributed by atoms with Crippen LogP contribution in [0.2, 0.25) is 0 Å². The third kappa shape index (κ3) is 2.58. The predicted octanol–water partition coefficient (Wildman–Crippen LogP) is 3.27. The highest BCUT2D eigenvalue weighted by Crippen LogP contribution is 2.48. The van der Waals surface area contributed by atoms with E-state index in [1.807, 2.05) is 0 Å². The van der Waals surface area contributed by atoms with Gasteiger partial charge in [0.05, 0.1) is 0 Å². The molecule has 2 nitrogen and oxygen atoms in total. The molecule has 110 valence electrons. The number of fused-ring (bicyclic) bond motifs is 2. The van der Waals surface area contributed by atoms with Crippen LogP contribution in [0.3, 0.4) is 0 Å². The lowest BCUT2D eigenvalue weighted by Gasteiger charge is -2.48. The van der Waals surface area contributed by atoms with Crippen LogP contribution in [0.15, 0.2) is 0 Å². The van der Waals surface area contributed by atoms with E-state index in [2.05, 4.69) is 31.0 Å². The Kier molecular flexibility index (Phi) is 4.19. The molecule has 2 aliphatic carbocycles. The number of piperidine rings is 1. The first kappa shape index (κ1) is 13.9. The van der Waals surface area contributed by atoms with Crippen LogP contribution in [0.25, 0.3) is 0 Å². The molecule has 0 radical (unpaired) electrons. The van der Waals surface area contributed by atoms with Gasteiger partial charge in [-0.3, -0.25) is 4.90 Å². The molecule has 2 heteroatoms. The Morgan fingerprint density at radius 2 is 1.95 bits per heavy atom. The number of rotatable bonds is 4. The fraction of sp³-hybridized carbons (Fsp3) is 1.00. The van der Waals surface area contributed by atoms with Crippen molar-refractivity contribution in [3.05, 3.63) is 0 Å². The van der Waals surface area contributed by atoms with Gasteiger partial charge in [0.25, 0.3) is 0 Å². The second-order valence-corrected chi connectivity index (χ2v) is 7.43. The number of hydrogen-bond donors (Lipinski definition) is 1. The molecular formula is C17H32N2. The normalized spacial score (nSPS) is 46.9. The molecule has 3 fully saturated rings. The first-order valence-corrected chi connectivity index (χ1v) is 8.69. The lowest BCUT2D eigenvalue weighted by Crippen LogP contribution is -2.57. The van der Waals surface area contributed by atoms with Crippen molar-refractivity contribution in [2.75, 3.05) is 13.1 Å². The van der Waals surface area contributed by atoms with Crippen molar-refractivity contribution in [2.45, 2.75) is 77.4 Å². The van der Waals surface area contributed by atoms with Gasteiger partial charge in [0.2, 0.25) is 0 Å². The first-order chi connectivity index (χ1) is 9.20. The molecule has 2 saturated carbocycles. The van der Waals surface area contributed by atoms with Gasteiger partial charge in [0.1, 0.15) is 0 Å². The van der Waals surface area contributed by atoms with Gasteiger partial charge in [-0.1, -0.05) is 20.3 Å². The number of nitrogens with zero attached hydrogens (tertiary/aromatic N) is 1. The summed E-state index contributed by atoms with van der Waals surface area (Å²) < 4.78 is 0. The molecule has 0 amide bonds. The largest absolute Gasteiger partial charge is 0.314 e. The zero-order chi connectivity index (χ0) is 13.4. The lowest BCUT2D eigenvalue weighted by molar-refractivity contribution is 0.0251. The van der Waals surface area contributed by atoms with Crippen LogP contribution in [-0.2, 0) is 0 Å². The second kappa shape index (κ2) is 5.73. The van der Waals surface area contributed by atoms with E-state index >= 15 is 0 Å². The zero-order valence-electron chi connectivity index (χ0n) is 13.1. The quantitative estimate of drug-likeness (QED) is 0.838. The van der Waals surface area contributed by atoms with Crippen molar-refractivity contribution >= 4 is 0 Å². The summed E-state index contributed by atoms with van der Waals surface area (Å²) in [7, 11) is 0. The summed E-state index contributed by atoms with van der Waals surface area (Å²) in [5, 5.41) is 3.77. The fourth-order valence-electron chi connectivity index (χ4n) is 5.10. The third-order valence-corrected chi connectivity index (χ3v) is 6.40. The molecule has 6 unspecified atom stereocenters. The Morgan fingerprint density at radius 3 is 2.58 bits per heavy atom. The van der Waals surface area contributed by atoms with E-state index in [9.17, 15) is 0 Å². The van der Waals surface area contributed by atoms with E-state index in [1.54, 1.807) is 6.42 Å². The Bertz CT molecular complexity index is 304. The molecule has 1 N–H and O–H groups in total. The zero-order valence-corrected chi connectivity index (χ0v) is 13.1. The van der Waals surface area contributed by atoms with Crippen LogP contribution in [0.1, 0.15) is 59.3 Å². The third-order valence-electron chi connectivity index (χ3n) is 6.40. The molecule has 19 heavy (non-hydrogen) atoms. The minimum absolute atomic E-state index is 0.754. The Labute approximate surface area is 119 Å². The number of likely N-dealkylation sites (tertiary alicyclic amines) is 1. The summed E-state index contributed by atoms with van der Waals surface area (Å²) in [6.45, 7) is 9.75. The summed E-state index contributed by atoms with van der Waals surface area (Å²) in [6, 6.07) is 2.46. The maximum absolute atomic E-state index is 3.77. The van der Waals surface area contributed by atoms with Crippen molar-refractivity contribution in [1.82, 2.24) is 10.2 Å². The molecule has 0 aromatic rings. The van der Waals surface area contributed by atoms with Gasteiger partial charge in [0.15, 0.2) is 0 Å². The summed E-state index contributed by atoms with van der Waals surface area (Å²) in [4.78, 5) is 2.89. The SMILES string of the molecule is CCCNC1CCN(C2CC3CCC2C3)C(C)C1C. The van der Waals surface area contributed by atoms with Crippen LogP contribution in [0, 0.1) is 17.8 Å². The maximum atomic E-state index is 3.77. The Hall–Kier alpha value is -0.0800. The minimum atomic E-state index is 0.754. The highest BCUT2D eigenvalue weighted by Gasteiger charge is 2.45. The van der Waals surface area contributed by atoms with Crippen molar-refractivity contribution in [3.8, 4) is 0 Å². The van der Waals surface area contributed by atoms with Gasteiger partial charge in [-0.25, -0.2) is 0 Å². The van der Waals surface area contributed by atoms with Gasteiger partial charge >= 0.3 is 0 Å². The van der Waals surface area contributed by atoms with E-state index in [0.29, 0.717) is 0 Å². The standard InChI is InChI=1S/C17H32N2/c1-4-8-18-16-7-9-19(13(3)12(16)2)17-11-14-5-6-15(17)10-14/h12-18H,4-11H2,1-3H3. The average molecular weight is 264 g/mol. The topological polar surface area (TPSA) is 15.3 Å². The molecule has 1 saturated heterocycles. The molecule has 3 aliphatic rings. The second-order valence-electron chi connectivity index (χ2n) is 7.43. The lowest BCUT2D eigenvalue weighted by atomic mass is 9.83. The van der Waals surface area contributed by atoms with Crippen LogP contribution >= 0.6 is 0 Å². The molecule has 0 spiro atoms. The van der Waals surface area contributed by atoms with Gasteiger partial charge in [-0.2, -0.15) is 0 Å². The van der Waals surface area contributed by atoms with E-state index in [-0.39, 0.29) is 0 Å². The smallest absolute Gasteiger partial charge is 0.0129 e. The van der Waals surface area contributed by atoms with Gasteiger partial charge < -0.3 is 5.32 Å². The van der Waals surface area contributed by atoms with Gasteiger partial charge in [0, 0.05) is 24.7 Å². The highest BCUT2D eigenvalue weighted by atomic mass is 15.2. The molecule has 1 aliphatic heterocycles. The molecule has 2 bridgehead atoms. The average Bonchev–Trinajstić information content (AvgIpc) is 3.03. The molecule has 1 heterocycles. The van der Waals surface area contributed by atoms with Crippen LogP contribution < -0.4 is 5.32 Å². The molecule has 6 atom stereocenters. The monoisotopic (exact) mass is 264 g/mol. The van der Waals surface area contributed by atoms with Crippen LogP contribution in [-0.4, -0.2) is 36.1 Å². The Balaban J connectivity index is 1.60. The van der Waals surface area contributed by atoms with E-state index in [4.69, 9.17) is 0 Å². The van der Waals surface area contributed by atoms with Crippen molar-refractivity contribution in [1.29, 1.82) is 0 Å². The molecular weight excluding hydrogens is 232 g/mol. The molecule has 0 aromatic carbocycles. The van der Waals surface area contributed by atoms with E-state index in [0.717, 1.165) is 35.9 Å². The van der Waals surface area contributed by atoms with Gasteiger partial charge in [-0.15, -0.1) is 0 Å². The fourth-order valence-corrected chi connectivity index (χ4v) is 5.10. The number of nitrogens with one attached hydrogen (secondary N) is 1. The summed E-state index contributed by atoms with van der Waals surface area (Å²) >= 11 is 0. The summed E-state index contributed by atoms with van der Waals surface area (Å²) in [5.74, 6) is 2.92. The van der Waals surface area contributed by atoms with Crippen molar-refractivity contribution < 1.29 is 0 Å². The summed E-state index contributed by atoms with van der Waals surface area (Å²) in [5.41, 5.74) is 0.